The summed E-state index contributed by atoms with van der Waals surface area (Å²) in [6.07, 6.45) is 1.85. The van der Waals surface area contributed by atoms with E-state index in [-0.39, 0.29) is 0 Å². The molecule has 0 fully saturated rings. The van der Waals surface area contributed by atoms with E-state index in [1.165, 1.54) is 16.8 Å². The topological polar surface area (TPSA) is 16.1 Å². The average Bonchev–Trinajstić information content (AvgIpc) is 2.33. The summed E-state index contributed by atoms with van der Waals surface area (Å²) < 4.78 is 1.02. The van der Waals surface area contributed by atoms with Gasteiger partial charge in [0.05, 0.1) is 0 Å². The number of hydrogen-bond acceptors (Lipinski definition) is 2. The summed E-state index contributed by atoms with van der Waals surface area (Å²) in [5, 5.41) is 0. The van der Waals surface area contributed by atoms with E-state index >= 15 is 0 Å². The zero-order valence-corrected chi connectivity index (χ0v) is 12.5. The number of benzene rings is 1. The fraction of sp³-hybridized carbons (Fsp3) is 0.267. The van der Waals surface area contributed by atoms with E-state index in [1.54, 1.807) is 0 Å². The van der Waals surface area contributed by atoms with E-state index < -0.39 is 0 Å². The van der Waals surface area contributed by atoms with Crippen molar-refractivity contribution < 1.29 is 0 Å². The van der Waals surface area contributed by atoms with Gasteiger partial charge in [-0.15, -0.1) is 0 Å². The zero-order valence-electron chi connectivity index (χ0n) is 10.9. The summed E-state index contributed by atoms with van der Waals surface area (Å²) in [6, 6.07) is 10.6. The average molecular weight is 305 g/mol. The summed E-state index contributed by atoms with van der Waals surface area (Å²) in [5.74, 6) is 1.02. The van der Waals surface area contributed by atoms with Crippen LogP contribution in [-0.2, 0) is 0 Å². The molecule has 3 heteroatoms. The van der Waals surface area contributed by atoms with Gasteiger partial charge in [-0.2, -0.15) is 0 Å². The Kier molecular flexibility index (Phi) is 4.02. The van der Waals surface area contributed by atoms with E-state index in [1.807, 2.05) is 6.20 Å². The maximum Gasteiger partial charge on any atom is 0.135 e. The highest BCUT2D eigenvalue weighted by molar-refractivity contribution is 9.10. The van der Waals surface area contributed by atoms with Gasteiger partial charge >= 0.3 is 0 Å². The van der Waals surface area contributed by atoms with E-state index in [0.29, 0.717) is 0 Å². The standard InChI is InChI=1S/C15H17BrN2/c1-4-18(14-7-5-6-11(2)8-14)15-12(3)9-13(16)10-17-15/h5-10H,4H2,1-3H3. The van der Waals surface area contributed by atoms with Crippen LogP contribution in [0.25, 0.3) is 0 Å². The Balaban J connectivity index is 2.45. The lowest BCUT2D eigenvalue weighted by Gasteiger charge is -2.24. The van der Waals surface area contributed by atoms with Gasteiger partial charge in [0.2, 0.25) is 0 Å². The van der Waals surface area contributed by atoms with Crippen LogP contribution in [0.15, 0.2) is 41.0 Å². The molecule has 2 rings (SSSR count). The molecule has 0 unspecified atom stereocenters. The third-order valence-corrected chi connectivity index (χ3v) is 3.34. The van der Waals surface area contributed by atoms with Crippen LogP contribution in [-0.4, -0.2) is 11.5 Å². The number of halogens is 1. The van der Waals surface area contributed by atoms with Crippen LogP contribution in [0, 0.1) is 13.8 Å². The molecule has 1 aromatic carbocycles. The Morgan fingerprint density at radius 2 is 2.00 bits per heavy atom. The summed E-state index contributed by atoms with van der Waals surface area (Å²) >= 11 is 3.45. The molecule has 0 saturated heterocycles. The van der Waals surface area contributed by atoms with Crippen molar-refractivity contribution in [3.8, 4) is 0 Å². The summed E-state index contributed by atoms with van der Waals surface area (Å²) in [6.45, 7) is 7.25. The quantitative estimate of drug-likeness (QED) is 0.822. The molecule has 0 spiro atoms. The third-order valence-electron chi connectivity index (χ3n) is 2.90. The number of aromatic nitrogens is 1. The monoisotopic (exact) mass is 304 g/mol. The van der Waals surface area contributed by atoms with Crippen molar-refractivity contribution in [1.29, 1.82) is 0 Å². The molecule has 2 aromatic rings. The Hall–Kier alpha value is -1.35. The molecule has 0 aliphatic heterocycles. The normalized spacial score (nSPS) is 10.4. The lowest BCUT2D eigenvalue weighted by atomic mass is 10.2. The SMILES string of the molecule is CCN(c1cccc(C)c1)c1ncc(Br)cc1C. The van der Waals surface area contributed by atoms with Crippen molar-refractivity contribution in [2.45, 2.75) is 20.8 Å². The van der Waals surface area contributed by atoms with E-state index in [2.05, 4.69) is 76.9 Å². The van der Waals surface area contributed by atoms with Crippen LogP contribution in [0.3, 0.4) is 0 Å². The first-order valence-electron chi connectivity index (χ1n) is 6.08. The van der Waals surface area contributed by atoms with Gasteiger partial charge in [-0.3, -0.25) is 0 Å². The van der Waals surface area contributed by atoms with Gasteiger partial charge in [-0.25, -0.2) is 4.98 Å². The second-order valence-electron chi connectivity index (χ2n) is 4.38. The molecular formula is C15H17BrN2. The number of pyridine rings is 1. The summed E-state index contributed by atoms with van der Waals surface area (Å²) in [4.78, 5) is 6.77. The maximum absolute atomic E-state index is 4.53. The van der Waals surface area contributed by atoms with Gasteiger partial charge in [-0.05, 0) is 66.0 Å². The minimum absolute atomic E-state index is 0.902. The van der Waals surface area contributed by atoms with E-state index in [0.717, 1.165) is 16.8 Å². The smallest absolute Gasteiger partial charge is 0.135 e. The molecule has 0 amide bonds. The lowest BCUT2D eigenvalue weighted by Crippen LogP contribution is -2.18. The lowest BCUT2D eigenvalue weighted by molar-refractivity contribution is 0.976. The van der Waals surface area contributed by atoms with Crippen molar-refractivity contribution in [2.24, 2.45) is 0 Å². The zero-order chi connectivity index (χ0) is 13.1. The van der Waals surface area contributed by atoms with Gasteiger partial charge < -0.3 is 4.90 Å². The molecule has 94 valence electrons. The highest BCUT2D eigenvalue weighted by atomic mass is 79.9. The van der Waals surface area contributed by atoms with Crippen LogP contribution >= 0.6 is 15.9 Å². The molecule has 0 atom stereocenters. The summed E-state index contributed by atoms with van der Waals surface area (Å²) in [5.41, 5.74) is 3.63. The van der Waals surface area contributed by atoms with Crippen LogP contribution in [0.5, 0.6) is 0 Å². The van der Waals surface area contributed by atoms with Gasteiger partial charge in [0.15, 0.2) is 0 Å². The minimum atomic E-state index is 0.902. The van der Waals surface area contributed by atoms with Crippen molar-refractivity contribution in [3.63, 3.8) is 0 Å². The van der Waals surface area contributed by atoms with Crippen molar-refractivity contribution in [3.05, 3.63) is 52.1 Å². The van der Waals surface area contributed by atoms with E-state index in [4.69, 9.17) is 0 Å². The molecule has 0 N–H and O–H groups in total. The second kappa shape index (κ2) is 5.53. The Morgan fingerprint density at radius 1 is 1.22 bits per heavy atom. The molecule has 0 radical (unpaired) electrons. The number of aryl methyl sites for hydroxylation is 2. The molecule has 1 heterocycles. The minimum Gasteiger partial charge on any atom is -0.326 e. The molecule has 2 nitrogen and oxygen atoms in total. The highest BCUT2D eigenvalue weighted by Crippen LogP contribution is 2.28. The van der Waals surface area contributed by atoms with Gasteiger partial charge in [0, 0.05) is 22.9 Å². The predicted octanol–water partition coefficient (Wildman–Crippen LogP) is 4.62. The molecule has 0 bridgehead atoms. The Morgan fingerprint density at radius 3 is 2.61 bits per heavy atom. The fourth-order valence-electron chi connectivity index (χ4n) is 2.07. The van der Waals surface area contributed by atoms with Crippen molar-refractivity contribution in [1.82, 2.24) is 4.98 Å². The molecular weight excluding hydrogens is 288 g/mol. The van der Waals surface area contributed by atoms with E-state index in [9.17, 15) is 0 Å². The first-order chi connectivity index (χ1) is 8.61. The second-order valence-corrected chi connectivity index (χ2v) is 5.29. The third kappa shape index (κ3) is 2.72. The van der Waals surface area contributed by atoms with Crippen molar-refractivity contribution in [2.75, 3.05) is 11.4 Å². The Labute approximate surface area is 117 Å². The maximum atomic E-state index is 4.53. The first-order valence-corrected chi connectivity index (χ1v) is 6.87. The van der Waals surface area contributed by atoms with Crippen LogP contribution in [0.1, 0.15) is 18.1 Å². The fourth-order valence-corrected chi connectivity index (χ4v) is 2.51. The molecule has 0 aliphatic rings. The van der Waals surface area contributed by atoms with Crippen LogP contribution < -0.4 is 4.90 Å². The predicted molar refractivity (Wildman–Crippen MR) is 80.5 cm³/mol. The number of nitrogens with zero attached hydrogens (tertiary/aromatic N) is 2. The molecule has 18 heavy (non-hydrogen) atoms. The van der Waals surface area contributed by atoms with Gasteiger partial charge in [0.1, 0.15) is 5.82 Å². The highest BCUT2D eigenvalue weighted by Gasteiger charge is 2.11. The first kappa shape index (κ1) is 13.1. The number of hydrogen-bond donors (Lipinski definition) is 0. The van der Waals surface area contributed by atoms with Crippen LogP contribution in [0.4, 0.5) is 11.5 Å². The van der Waals surface area contributed by atoms with Crippen molar-refractivity contribution >= 4 is 27.4 Å². The Bertz CT molecular complexity index is 552. The molecule has 0 saturated carbocycles. The van der Waals surface area contributed by atoms with Crippen LogP contribution in [0.2, 0.25) is 0 Å². The number of rotatable bonds is 3. The number of anilines is 2. The summed E-state index contributed by atoms with van der Waals surface area (Å²) in [7, 11) is 0. The van der Waals surface area contributed by atoms with Gasteiger partial charge in [-0.1, -0.05) is 12.1 Å². The molecule has 1 aromatic heterocycles. The van der Waals surface area contributed by atoms with Gasteiger partial charge in [0.25, 0.3) is 0 Å². The molecule has 0 aliphatic carbocycles. The largest absolute Gasteiger partial charge is 0.326 e.